The maximum atomic E-state index is 12.9. The van der Waals surface area contributed by atoms with E-state index in [2.05, 4.69) is 10.2 Å². The molecule has 1 aliphatic heterocycles. The van der Waals surface area contributed by atoms with Crippen LogP contribution in [0.1, 0.15) is 29.3 Å². The number of amides is 2. The monoisotopic (exact) mass is 415 g/mol. The molecular weight excluding hydrogens is 390 g/mol. The van der Waals surface area contributed by atoms with Crippen LogP contribution in [0.2, 0.25) is 5.02 Å². The van der Waals surface area contributed by atoms with Crippen LogP contribution in [0.15, 0.2) is 42.5 Å². The van der Waals surface area contributed by atoms with Crippen molar-refractivity contribution < 1.29 is 14.3 Å². The maximum absolute atomic E-state index is 12.9. The first kappa shape index (κ1) is 21.1. The van der Waals surface area contributed by atoms with E-state index >= 15 is 0 Å². The van der Waals surface area contributed by atoms with Crippen LogP contribution >= 0.6 is 11.6 Å². The largest absolute Gasteiger partial charge is 0.496 e. The van der Waals surface area contributed by atoms with Crippen LogP contribution in [0, 0.1) is 0 Å². The summed E-state index contributed by atoms with van der Waals surface area (Å²) in [6.07, 6.45) is 0.400. The average Bonchev–Trinajstić information content (AvgIpc) is 2.74. The van der Waals surface area contributed by atoms with Crippen molar-refractivity contribution in [2.75, 3.05) is 38.6 Å². The summed E-state index contributed by atoms with van der Waals surface area (Å²) in [5, 5.41) is 3.48. The minimum atomic E-state index is -0.0698. The standard InChI is InChI=1S/C22H26ClN3O3/c1-3-21(27)24-19-6-4-5-16(14-19)22(28)26-11-9-25(10-12-26)15-17-13-18(23)7-8-20(17)29-2/h4-8,13-14H,3,9-12,15H2,1-2H3,(H,24,27). The van der Waals surface area contributed by atoms with Crippen LogP contribution in [0.3, 0.4) is 0 Å². The van der Waals surface area contributed by atoms with Gasteiger partial charge in [-0.1, -0.05) is 24.6 Å². The quantitative estimate of drug-likeness (QED) is 0.782. The van der Waals surface area contributed by atoms with Crippen molar-refractivity contribution in [1.82, 2.24) is 9.80 Å². The van der Waals surface area contributed by atoms with E-state index in [9.17, 15) is 9.59 Å². The van der Waals surface area contributed by atoms with Crippen LogP contribution in [-0.4, -0.2) is 54.9 Å². The van der Waals surface area contributed by atoms with Gasteiger partial charge in [-0.05, 0) is 36.4 Å². The van der Waals surface area contributed by atoms with Crippen LogP contribution in [0.5, 0.6) is 5.75 Å². The second-order valence-corrected chi connectivity index (χ2v) is 7.44. The van der Waals surface area contributed by atoms with Gasteiger partial charge in [0, 0.05) is 61.0 Å². The summed E-state index contributed by atoms with van der Waals surface area (Å²) in [4.78, 5) is 28.6. The van der Waals surface area contributed by atoms with E-state index in [0.717, 1.165) is 30.9 Å². The Balaban J connectivity index is 1.59. The Hall–Kier alpha value is -2.57. The summed E-state index contributed by atoms with van der Waals surface area (Å²) in [5.41, 5.74) is 2.28. The molecule has 1 saturated heterocycles. The van der Waals surface area contributed by atoms with Gasteiger partial charge in [-0.15, -0.1) is 0 Å². The van der Waals surface area contributed by atoms with Crippen molar-refractivity contribution in [2.45, 2.75) is 19.9 Å². The molecule has 0 atom stereocenters. The topological polar surface area (TPSA) is 61.9 Å². The molecule has 1 fully saturated rings. The molecule has 2 amide bonds. The van der Waals surface area contributed by atoms with E-state index < -0.39 is 0 Å². The zero-order valence-electron chi connectivity index (χ0n) is 16.8. The predicted octanol–water partition coefficient (Wildman–Crippen LogP) is 3.66. The van der Waals surface area contributed by atoms with Gasteiger partial charge >= 0.3 is 0 Å². The molecule has 0 aromatic heterocycles. The van der Waals surface area contributed by atoms with Gasteiger partial charge in [-0.3, -0.25) is 14.5 Å². The summed E-state index contributed by atoms with van der Waals surface area (Å²) in [6, 6.07) is 12.7. The molecule has 6 nitrogen and oxygen atoms in total. The molecule has 3 rings (SSSR count). The van der Waals surface area contributed by atoms with E-state index in [0.29, 0.717) is 35.8 Å². The van der Waals surface area contributed by atoms with Crippen LogP contribution in [0.4, 0.5) is 5.69 Å². The van der Waals surface area contributed by atoms with Crippen molar-refractivity contribution in [3.63, 3.8) is 0 Å². The number of halogens is 1. The van der Waals surface area contributed by atoms with Crippen molar-refractivity contribution in [3.8, 4) is 5.75 Å². The third kappa shape index (κ3) is 5.49. The number of hydrogen-bond donors (Lipinski definition) is 1. The fourth-order valence-corrected chi connectivity index (χ4v) is 3.58. The molecule has 7 heteroatoms. The number of piperazine rings is 1. The molecule has 0 bridgehead atoms. The molecule has 1 N–H and O–H groups in total. The Bertz CT molecular complexity index is 879. The number of methoxy groups -OCH3 is 1. The average molecular weight is 416 g/mol. The molecule has 0 saturated carbocycles. The summed E-state index contributed by atoms with van der Waals surface area (Å²) in [7, 11) is 1.65. The number of carbonyl (C=O) groups excluding carboxylic acids is 2. The van der Waals surface area contributed by atoms with E-state index in [-0.39, 0.29) is 11.8 Å². The highest BCUT2D eigenvalue weighted by molar-refractivity contribution is 6.30. The first-order chi connectivity index (χ1) is 14.0. The summed E-state index contributed by atoms with van der Waals surface area (Å²) < 4.78 is 5.43. The highest BCUT2D eigenvalue weighted by atomic mass is 35.5. The maximum Gasteiger partial charge on any atom is 0.254 e. The molecule has 154 valence electrons. The van der Waals surface area contributed by atoms with Crippen LogP contribution < -0.4 is 10.1 Å². The van der Waals surface area contributed by atoms with Crippen LogP contribution in [0.25, 0.3) is 0 Å². The summed E-state index contributed by atoms with van der Waals surface area (Å²) >= 11 is 6.12. The zero-order valence-corrected chi connectivity index (χ0v) is 17.5. The van der Waals surface area contributed by atoms with Gasteiger partial charge in [0.05, 0.1) is 7.11 Å². The Morgan fingerprint density at radius 2 is 1.86 bits per heavy atom. The van der Waals surface area contributed by atoms with Gasteiger partial charge in [0.25, 0.3) is 5.91 Å². The second-order valence-electron chi connectivity index (χ2n) is 7.01. The lowest BCUT2D eigenvalue weighted by Crippen LogP contribution is -2.48. The summed E-state index contributed by atoms with van der Waals surface area (Å²) in [6.45, 7) is 5.36. The van der Waals surface area contributed by atoms with E-state index in [1.807, 2.05) is 23.1 Å². The van der Waals surface area contributed by atoms with Gasteiger partial charge in [-0.2, -0.15) is 0 Å². The minimum Gasteiger partial charge on any atom is -0.496 e. The summed E-state index contributed by atoms with van der Waals surface area (Å²) in [5.74, 6) is 0.732. The minimum absolute atomic E-state index is 0.0161. The van der Waals surface area contributed by atoms with Gasteiger partial charge < -0.3 is 15.0 Å². The fraction of sp³-hybridized carbons (Fsp3) is 0.364. The molecule has 0 aliphatic carbocycles. The Kier molecular flexibility index (Phi) is 7.12. The highest BCUT2D eigenvalue weighted by Gasteiger charge is 2.23. The number of rotatable bonds is 6. The van der Waals surface area contributed by atoms with Gasteiger partial charge in [0.2, 0.25) is 5.91 Å². The molecular formula is C22H26ClN3O3. The number of nitrogens with zero attached hydrogens (tertiary/aromatic N) is 2. The van der Waals surface area contributed by atoms with Gasteiger partial charge in [-0.25, -0.2) is 0 Å². The van der Waals surface area contributed by atoms with Crippen molar-refractivity contribution in [1.29, 1.82) is 0 Å². The first-order valence-corrected chi connectivity index (χ1v) is 10.1. The molecule has 0 unspecified atom stereocenters. The number of ether oxygens (including phenoxy) is 1. The van der Waals surface area contributed by atoms with Crippen molar-refractivity contribution >= 4 is 29.1 Å². The molecule has 0 spiro atoms. The number of carbonyl (C=O) groups is 2. The molecule has 1 aliphatic rings. The van der Waals surface area contributed by atoms with Crippen molar-refractivity contribution in [3.05, 3.63) is 58.6 Å². The molecule has 29 heavy (non-hydrogen) atoms. The molecule has 2 aromatic carbocycles. The highest BCUT2D eigenvalue weighted by Crippen LogP contribution is 2.24. The SMILES string of the molecule is CCC(=O)Nc1cccc(C(=O)N2CCN(Cc3cc(Cl)ccc3OC)CC2)c1. The third-order valence-electron chi connectivity index (χ3n) is 5.01. The smallest absolute Gasteiger partial charge is 0.254 e. The second kappa shape index (κ2) is 9.76. The van der Waals surface area contributed by atoms with E-state index in [1.165, 1.54) is 0 Å². The lowest BCUT2D eigenvalue weighted by atomic mass is 10.1. The first-order valence-electron chi connectivity index (χ1n) is 9.74. The Morgan fingerprint density at radius 3 is 2.55 bits per heavy atom. The Labute approximate surface area is 176 Å². The molecule has 0 radical (unpaired) electrons. The van der Waals surface area contributed by atoms with E-state index in [4.69, 9.17) is 16.3 Å². The van der Waals surface area contributed by atoms with Gasteiger partial charge in [0.15, 0.2) is 0 Å². The van der Waals surface area contributed by atoms with Crippen LogP contribution in [-0.2, 0) is 11.3 Å². The molecule has 1 heterocycles. The number of nitrogens with one attached hydrogen (secondary N) is 1. The third-order valence-corrected chi connectivity index (χ3v) is 5.25. The number of benzene rings is 2. The fourth-order valence-electron chi connectivity index (χ4n) is 3.38. The lowest BCUT2D eigenvalue weighted by molar-refractivity contribution is -0.115. The van der Waals surface area contributed by atoms with Gasteiger partial charge in [0.1, 0.15) is 5.75 Å². The predicted molar refractivity (Wildman–Crippen MR) is 115 cm³/mol. The van der Waals surface area contributed by atoms with E-state index in [1.54, 1.807) is 38.3 Å². The number of anilines is 1. The lowest BCUT2D eigenvalue weighted by Gasteiger charge is -2.35. The van der Waals surface area contributed by atoms with Crippen molar-refractivity contribution in [2.24, 2.45) is 0 Å². The molecule has 2 aromatic rings. The number of hydrogen-bond acceptors (Lipinski definition) is 4. The Morgan fingerprint density at radius 1 is 1.10 bits per heavy atom. The zero-order chi connectivity index (χ0) is 20.8. The normalized spacial score (nSPS) is 14.5.